The van der Waals surface area contributed by atoms with Crippen molar-refractivity contribution in [3.63, 3.8) is 0 Å². The zero-order chi connectivity index (χ0) is 7.56. The first-order valence-electron chi connectivity index (χ1n) is 2.63. The molecule has 3 N–H and O–H groups in total. The summed E-state index contributed by atoms with van der Waals surface area (Å²) in [5, 5.41) is 6.98. The van der Waals surface area contributed by atoms with E-state index < -0.39 is 12.1 Å². The standard InChI is InChI=1S/C4H7N3O2S/c1-10-4-6-2(8)5-3(9)7-4/h4H,1H3,(H3,5,6,7,8,9). The van der Waals surface area contributed by atoms with Gasteiger partial charge in [-0.3, -0.25) is 5.32 Å². The SMILES string of the molecule is CSC1NC(=O)NC(=O)N1. The molecule has 10 heavy (non-hydrogen) atoms. The molecule has 4 amide bonds. The molecule has 1 heterocycles. The van der Waals surface area contributed by atoms with Gasteiger partial charge in [-0.25, -0.2) is 9.59 Å². The van der Waals surface area contributed by atoms with E-state index in [0.29, 0.717) is 0 Å². The van der Waals surface area contributed by atoms with Crippen molar-refractivity contribution in [1.29, 1.82) is 0 Å². The highest BCUT2D eigenvalue weighted by molar-refractivity contribution is 7.99. The number of imide groups is 1. The fraction of sp³-hybridized carbons (Fsp3) is 0.500. The Bertz CT molecular complexity index is 156. The summed E-state index contributed by atoms with van der Waals surface area (Å²) in [6.07, 6.45) is 1.79. The zero-order valence-electron chi connectivity index (χ0n) is 5.30. The average Bonchev–Trinajstić information content (AvgIpc) is 1.85. The highest BCUT2D eigenvalue weighted by Gasteiger charge is 2.20. The Kier molecular flexibility index (Phi) is 2.00. The third kappa shape index (κ3) is 1.53. The Morgan fingerprint density at radius 2 is 1.80 bits per heavy atom. The maximum Gasteiger partial charge on any atom is 0.325 e. The molecule has 0 aromatic heterocycles. The van der Waals surface area contributed by atoms with Crippen LogP contribution in [0, 0.1) is 0 Å². The summed E-state index contributed by atoms with van der Waals surface area (Å²) < 4.78 is 0. The predicted molar refractivity (Wildman–Crippen MR) is 37.5 cm³/mol. The minimum atomic E-state index is -0.455. The third-order valence-electron chi connectivity index (χ3n) is 0.987. The first-order chi connectivity index (χ1) is 4.72. The van der Waals surface area contributed by atoms with E-state index in [0.717, 1.165) is 0 Å². The number of nitrogens with one attached hydrogen (secondary N) is 3. The molecule has 0 bridgehead atoms. The summed E-state index contributed by atoms with van der Waals surface area (Å²) in [6.45, 7) is 0. The van der Waals surface area contributed by atoms with Crippen LogP contribution in [0.2, 0.25) is 0 Å². The summed E-state index contributed by atoms with van der Waals surface area (Å²) in [7, 11) is 0. The van der Waals surface area contributed by atoms with E-state index in [1.165, 1.54) is 11.8 Å². The maximum atomic E-state index is 10.5. The third-order valence-corrected chi connectivity index (χ3v) is 1.69. The van der Waals surface area contributed by atoms with Crippen molar-refractivity contribution in [3.05, 3.63) is 0 Å². The van der Waals surface area contributed by atoms with Gasteiger partial charge in [-0.05, 0) is 6.26 Å². The van der Waals surface area contributed by atoms with Gasteiger partial charge in [0.15, 0.2) is 5.50 Å². The molecular formula is C4H7N3O2S. The van der Waals surface area contributed by atoms with Gasteiger partial charge in [0, 0.05) is 0 Å². The highest BCUT2D eigenvalue weighted by Crippen LogP contribution is 2.00. The lowest BCUT2D eigenvalue weighted by Crippen LogP contribution is -2.60. The van der Waals surface area contributed by atoms with Crippen LogP contribution in [-0.2, 0) is 0 Å². The summed E-state index contributed by atoms with van der Waals surface area (Å²) >= 11 is 1.35. The lowest BCUT2D eigenvalue weighted by molar-refractivity contribution is 0.216. The minimum absolute atomic E-state index is 0.304. The van der Waals surface area contributed by atoms with Gasteiger partial charge in [0.2, 0.25) is 0 Å². The Morgan fingerprint density at radius 1 is 1.30 bits per heavy atom. The topological polar surface area (TPSA) is 70.2 Å². The summed E-state index contributed by atoms with van der Waals surface area (Å²) in [5.74, 6) is 0. The first kappa shape index (κ1) is 7.20. The number of rotatable bonds is 1. The molecule has 1 saturated heterocycles. The smallest absolute Gasteiger partial charge is 0.309 e. The molecule has 0 saturated carbocycles. The second-order valence-electron chi connectivity index (χ2n) is 1.69. The van der Waals surface area contributed by atoms with E-state index in [2.05, 4.69) is 10.6 Å². The van der Waals surface area contributed by atoms with Gasteiger partial charge in [0.1, 0.15) is 0 Å². The van der Waals surface area contributed by atoms with E-state index >= 15 is 0 Å². The molecule has 56 valence electrons. The first-order valence-corrected chi connectivity index (χ1v) is 3.92. The van der Waals surface area contributed by atoms with Crippen LogP contribution in [0.15, 0.2) is 0 Å². The van der Waals surface area contributed by atoms with Crippen LogP contribution in [0.1, 0.15) is 0 Å². The Morgan fingerprint density at radius 3 is 2.20 bits per heavy atom. The predicted octanol–water partition coefficient (Wildman–Crippen LogP) is -0.345. The van der Waals surface area contributed by atoms with Crippen molar-refractivity contribution in [2.45, 2.75) is 5.50 Å². The van der Waals surface area contributed by atoms with Crippen LogP contribution >= 0.6 is 11.8 Å². The number of amides is 4. The Labute approximate surface area is 61.9 Å². The largest absolute Gasteiger partial charge is 0.325 e. The number of hydrogen-bond acceptors (Lipinski definition) is 3. The van der Waals surface area contributed by atoms with Gasteiger partial charge in [-0.2, -0.15) is 0 Å². The average molecular weight is 161 g/mol. The second kappa shape index (κ2) is 2.78. The Balaban J connectivity index is 2.50. The monoisotopic (exact) mass is 161 g/mol. The van der Waals surface area contributed by atoms with Crippen molar-refractivity contribution in [2.24, 2.45) is 0 Å². The van der Waals surface area contributed by atoms with Gasteiger partial charge in [0.25, 0.3) is 0 Å². The maximum absolute atomic E-state index is 10.5. The van der Waals surface area contributed by atoms with E-state index in [-0.39, 0.29) is 5.50 Å². The fourth-order valence-electron chi connectivity index (χ4n) is 0.567. The van der Waals surface area contributed by atoms with E-state index in [4.69, 9.17) is 0 Å². The van der Waals surface area contributed by atoms with Crippen molar-refractivity contribution in [2.75, 3.05) is 6.26 Å². The Hall–Kier alpha value is -0.910. The van der Waals surface area contributed by atoms with Gasteiger partial charge in [-0.15, -0.1) is 11.8 Å². The molecule has 0 aromatic rings. The van der Waals surface area contributed by atoms with Crippen molar-refractivity contribution in [3.8, 4) is 0 Å². The van der Waals surface area contributed by atoms with Gasteiger partial charge < -0.3 is 10.6 Å². The number of thioether (sulfide) groups is 1. The summed E-state index contributed by atoms with van der Waals surface area (Å²) in [4.78, 5) is 21.1. The molecule has 0 radical (unpaired) electrons. The summed E-state index contributed by atoms with van der Waals surface area (Å²) in [5.41, 5.74) is -0.304. The lowest BCUT2D eigenvalue weighted by Gasteiger charge is -2.22. The molecule has 1 aliphatic rings. The lowest BCUT2D eigenvalue weighted by atomic mass is 10.7. The van der Waals surface area contributed by atoms with Gasteiger partial charge >= 0.3 is 12.1 Å². The molecule has 1 aliphatic heterocycles. The van der Waals surface area contributed by atoms with E-state index in [9.17, 15) is 9.59 Å². The van der Waals surface area contributed by atoms with Crippen molar-refractivity contribution >= 4 is 23.8 Å². The van der Waals surface area contributed by atoms with Crippen LogP contribution in [0.5, 0.6) is 0 Å². The molecule has 6 heteroatoms. The number of urea groups is 2. The quantitative estimate of drug-likeness (QED) is 0.492. The molecule has 1 fully saturated rings. The summed E-state index contributed by atoms with van der Waals surface area (Å²) in [6, 6.07) is -0.911. The van der Waals surface area contributed by atoms with E-state index in [1.54, 1.807) is 6.26 Å². The number of carbonyl (C=O) groups excluding carboxylic acids is 2. The number of hydrogen-bond donors (Lipinski definition) is 3. The van der Waals surface area contributed by atoms with Crippen LogP contribution in [0.4, 0.5) is 9.59 Å². The van der Waals surface area contributed by atoms with Crippen molar-refractivity contribution in [1.82, 2.24) is 16.0 Å². The molecule has 0 unspecified atom stereocenters. The molecule has 0 atom stereocenters. The number of carbonyl (C=O) groups is 2. The molecule has 0 aliphatic carbocycles. The molecule has 0 aromatic carbocycles. The molecular weight excluding hydrogens is 154 g/mol. The van der Waals surface area contributed by atoms with Crippen LogP contribution in [-0.4, -0.2) is 23.8 Å². The highest BCUT2D eigenvalue weighted by atomic mass is 32.2. The minimum Gasteiger partial charge on any atom is -0.309 e. The van der Waals surface area contributed by atoms with Crippen LogP contribution in [0.25, 0.3) is 0 Å². The second-order valence-corrected chi connectivity index (χ2v) is 2.63. The van der Waals surface area contributed by atoms with Crippen LogP contribution < -0.4 is 16.0 Å². The van der Waals surface area contributed by atoms with Gasteiger partial charge in [-0.1, -0.05) is 0 Å². The normalized spacial score (nSPS) is 19.3. The zero-order valence-corrected chi connectivity index (χ0v) is 6.12. The molecule has 1 rings (SSSR count). The molecule has 5 nitrogen and oxygen atoms in total. The van der Waals surface area contributed by atoms with Gasteiger partial charge in [0.05, 0.1) is 0 Å². The van der Waals surface area contributed by atoms with E-state index in [1.807, 2.05) is 5.32 Å². The fourth-order valence-corrected chi connectivity index (χ4v) is 1.02. The molecule has 0 spiro atoms. The van der Waals surface area contributed by atoms with Crippen LogP contribution in [0.3, 0.4) is 0 Å². The van der Waals surface area contributed by atoms with Crippen molar-refractivity contribution < 1.29 is 9.59 Å².